The zero-order valence-corrected chi connectivity index (χ0v) is 12.0. The van der Waals surface area contributed by atoms with Gasteiger partial charge < -0.3 is 5.32 Å². The van der Waals surface area contributed by atoms with Crippen LogP contribution >= 0.6 is 11.3 Å². The summed E-state index contributed by atoms with van der Waals surface area (Å²) in [6.07, 6.45) is 0. The molecule has 1 atom stereocenters. The quantitative estimate of drug-likeness (QED) is 0.792. The number of hydrogen-bond acceptors (Lipinski definition) is 4. The number of pyridine rings is 1. The van der Waals surface area contributed by atoms with Gasteiger partial charge in [0.1, 0.15) is 0 Å². The van der Waals surface area contributed by atoms with Crippen molar-refractivity contribution in [3.8, 4) is 0 Å². The fourth-order valence-corrected chi connectivity index (χ4v) is 2.93. The van der Waals surface area contributed by atoms with Crippen LogP contribution in [0.1, 0.15) is 28.4 Å². The lowest BCUT2D eigenvalue weighted by molar-refractivity contribution is 0.859. The third-order valence-electron chi connectivity index (χ3n) is 3.08. The molecule has 0 spiro atoms. The van der Waals surface area contributed by atoms with E-state index in [1.54, 1.807) is 11.3 Å². The molecule has 0 saturated heterocycles. The summed E-state index contributed by atoms with van der Waals surface area (Å²) >= 11 is 1.80. The second-order valence-corrected chi connectivity index (χ2v) is 6.01. The van der Waals surface area contributed by atoms with Gasteiger partial charge in [0.2, 0.25) is 5.95 Å². The van der Waals surface area contributed by atoms with Gasteiger partial charge in [-0.25, -0.2) is 4.52 Å². The molecule has 0 radical (unpaired) electrons. The van der Waals surface area contributed by atoms with Gasteiger partial charge in [0, 0.05) is 15.4 Å². The highest BCUT2D eigenvalue weighted by atomic mass is 32.1. The van der Waals surface area contributed by atoms with Crippen LogP contribution in [0.4, 0.5) is 5.95 Å². The monoisotopic (exact) mass is 272 g/mol. The van der Waals surface area contributed by atoms with E-state index in [-0.39, 0.29) is 6.04 Å². The Kier molecular flexibility index (Phi) is 2.98. The summed E-state index contributed by atoms with van der Waals surface area (Å²) in [5.41, 5.74) is 1.95. The van der Waals surface area contributed by atoms with Gasteiger partial charge >= 0.3 is 0 Å². The molecule has 1 N–H and O–H groups in total. The number of thiophene rings is 1. The van der Waals surface area contributed by atoms with Crippen LogP contribution in [0, 0.1) is 13.8 Å². The first-order valence-electron chi connectivity index (χ1n) is 6.29. The molecule has 3 aromatic rings. The van der Waals surface area contributed by atoms with Crippen molar-refractivity contribution in [1.29, 1.82) is 0 Å². The number of fused-ring (bicyclic) bond motifs is 1. The zero-order chi connectivity index (χ0) is 13.4. The molecule has 0 aliphatic heterocycles. The Morgan fingerprint density at radius 1 is 1.21 bits per heavy atom. The number of nitrogens with one attached hydrogen (secondary N) is 1. The number of aryl methyl sites for hydroxylation is 2. The summed E-state index contributed by atoms with van der Waals surface area (Å²) in [7, 11) is 0. The Hall–Kier alpha value is -1.88. The largest absolute Gasteiger partial charge is 0.346 e. The van der Waals surface area contributed by atoms with Gasteiger partial charge in [0.25, 0.3) is 0 Å². The van der Waals surface area contributed by atoms with Crippen molar-refractivity contribution >= 4 is 22.9 Å². The molecule has 0 aliphatic carbocycles. The lowest BCUT2D eigenvalue weighted by Crippen LogP contribution is -2.06. The van der Waals surface area contributed by atoms with Crippen molar-refractivity contribution in [2.24, 2.45) is 0 Å². The molecule has 19 heavy (non-hydrogen) atoms. The number of aromatic nitrogens is 3. The molecule has 4 nitrogen and oxygen atoms in total. The molecule has 98 valence electrons. The van der Waals surface area contributed by atoms with Crippen molar-refractivity contribution in [1.82, 2.24) is 14.6 Å². The number of anilines is 1. The molecular weight excluding hydrogens is 256 g/mol. The Morgan fingerprint density at radius 2 is 2.05 bits per heavy atom. The van der Waals surface area contributed by atoms with Gasteiger partial charge in [-0.1, -0.05) is 6.07 Å². The highest BCUT2D eigenvalue weighted by molar-refractivity contribution is 7.12. The predicted octanol–water partition coefficient (Wildman–Crippen LogP) is 3.58. The molecule has 0 bridgehead atoms. The normalized spacial score (nSPS) is 12.8. The minimum absolute atomic E-state index is 0.219. The van der Waals surface area contributed by atoms with Crippen molar-refractivity contribution in [3.63, 3.8) is 0 Å². The molecule has 0 aliphatic rings. The van der Waals surface area contributed by atoms with Crippen molar-refractivity contribution in [3.05, 3.63) is 45.8 Å². The zero-order valence-electron chi connectivity index (χ0n) is 11.2. The molecular formula is C14H16N4S. The fourth-order valence-electron chi connectivity index (χ4n) is 2.05. The van der Waals surface area contributed by atoms with E-state index in [1.165, 1.54) is 9.75 Å². The van der Waals surface area contributed by atoms with Gasteiger partial charge in [-0.15, -0.1) is 16.4 Å². The van der Waals surface area contributed by atoms with Crippen LogP contribution in [0.5, 0.6) is 0 Å². The SMILES string of the molecule is Cc1ccc(C(C)Nc2nc3cccc(C)n3n2)s1. The molecule has 0 aromatic carbocycles. The first-order chi connectivity index (χ1) is 9.13. The van der Waals surface area contributed by atoms with E-state index in [2.05, 4.69) is 41.4 Å². The van der Waals surface area contributed by atoms with Crippen LogP contribution in [0.2, 0.25) is 0 Å². The summed E-state index contributed by atoms with van der Waals surface area (Å²) in [6.45, 7) is 6.27. The van der Waals surface area contributed by atoms with Crippen molar-refractivity contribution in [2.45, 2.75) is 26.8 Å². The number of nitrogens with zero attached hydrogens (tertiary/aromatic N) is 3. The third-order valence-corrected chi connectivity index (χ3v) is 4.27. The summed E-state index contributed by atoms with van der Waals surface area (Å²) in [6, 6.07) is 10.5. The maximum Gasteiger partial charge on any atom is 0.243 e. The van der Waals surface area contributed by atoms with Crippen LogP contribution in [0.3, 0.4) is 0 Å². The molecule has 3 aromatic heterocycles. The first kappa shape index (κ1) is 12.2. The molecule has 0 fully saturated rings. The maximum absolute atomic E-state index is 4.49. The Morgan fingerprint density at radius 3 is 2.74 bits per heavy atom. The van der Waals surface area contributed by atoms with Crippen molar-refractivity contribution < 1.29 is 0 Å². The second kappa shape index (κ2) is 4.66. The van der Waals surface area contributed by atoms with E-state index in [9.17, 15) is 0 Å². The van der Waals surface area contributed by atoms with E-state index in [4.69, 9.17) is 0 Å². The molecule has 0 amide bonds. The van der Waals surface area contributed by atoms with Crippen LogP contribution in [-0.4, -0.2) is 14.6 Å². The summed E-state index contributed by atoms with van der Waals surface area (Å²) in [5.74, 6) is 0.674. The Bertz CT molecular complexity index is 713. The van der Waals surface area contributed by atoms with Crippen LogP contribution in [0.25, 0.3) is 5.65 Å². The minimum Gasteiger partial charge on any atom is -0.346 e. The molecule has 3 rings (SSSR count). The lowest BCUT2D eigenvalue weighted by Gasteiger charge is -2.09. The van der Waals surface area contributed by atoms with E-state index in [0.717, 1.165) is 11.3 Å². The van der Waals surface area contributed by atoms with Gasteiger partial charge in [-0.3, -0.25) is 0 Å². The Labute approximate surface area is 116 Å². The average molecular weight is 272 g/mol. The van der Waals surface area contributed by atoms with Crippen molar-refractivity contribution in [2.75, 3.05) is 5.32 Å². The van der Waals surface area contributed by atoms with Gasteiger partial charge in [-0.2, -0.15) is 4.98 Å². The molecule has 0 saturated carbocycles. The van der Waals surface area contributed by atoms with E-state index >= 15 is 0 Å². The number of rotatable bonds is 3. The minimum atomic E-state index is 0.219. The lowest BCUT2D eigenvalue weighted by atomic mass is 10.3. The summed E-state index contributed by atoms with van der Waals surface area (Å²) in [5, 5.41) is 7.84. The average Bonchev–Trinajstić information content (AvgIpc) is 2.96. The highest BCUT2D eigenvalue weighted by Gasteiger charge is 2.11. The molecule has 1 unspecified atom stereocenters. The highest BCUT2D eigenvalue weighted by Crippen LogP contribution is 2.24. The standard InChI is InChI=1S/C14H16N4S/c1-9-5-4-6-13-16-14(17-18(9)13)15-11(3)12-8-7-10(2)19-12/h4-8,11H,1-3H3,(H,15,17). The van der Waals surface area contributed by atoms with E-state index in [1.807, 2.05) is 29.6 Å². The van der Waals surface area contributed by atoms with E-state index in [0.29, 0.717) is 5.95 Å². The van der Waals surface area contributed by atoms with Crippen LogP contribution in [0.15, 0.2) is 30.3 Å². The first-order valence-corrected chi connectivity index (χ1v) is 7.10. The van der Waals surface area contributed by atoms with Gasteiger partial charge in [-0.05, 0) is 45.0 Å². The second-order valence-electron chi connectivity index (χ2n) is 4.69. The van der Waals surface area contributed by atoms with Gasteiger partial charge in [0.05, 0.1) is 6.04 Å². The van der Waals surface area contributed by atoms with Crippen LogP contribution in [-0.2, 0) is 0 Å². The number of hydrogen-bond donors (Lipinski definition) is 1. The third kappa shape index (κ3) is 2.33. The summed E-state index contributed by atoms with van der Waals surface area (Å²) in [4.78, 5) is 7.11. The topological polar surface area (TPSA) is 42.2 Å². The Balaban J connectivity index is 1.87. The summed E-state index contributed by atoms with van der Waals surface area (Å²) < 4.78 is 1.86. The van der Waals surface area contributed by atoms with Gasteiger partial charge in [0.15, 0.2) is 5.65 Å². The van der Waals surface area contributed by atoms with E-state index < -0.39 is 0 Å². The van der Waals surface area contributed by atoms with Crippen LogP contribution < -0.4 is 5.32 Å². The smallest absolute Gasteiger partial charge is 0.243 e. The maximum atomic E-state index is 4.49. The molecule has 3 heterocycles. The fraction of sp³-hybridized carbons (Fsp3) is 0.286. The molecule has 5 heteroatoms. The predicted molar refractivity (Wildman–Crippen MR) is 78.8 cm³/mol.